The maximum atomic E-state index is 9.68. The summed E-state index contributed by atoms with van der Waals surface area (Å²) in [5, 5.41) is 0. The molecule has 0 aliphatic heterocycles. The van der Waals surface area contributed by atoms with Gasteiger partial charge in [-0.2, -0.15) is 0 Å². The Hall–Kier alpha value is 0.910. The minimum atomic E-state index is -3.92. The molecule has 4 aliphatic rings. The van der Waals surface area contributed by atoms with Crippen LogP contribution < -0.4 is 29.6 Å². The molecule has 5 heteroatoms. The maximum absolute atomic E-state index is 9.68. The van der Waals surface area contributed by atoms with Crippen molar-refractivity contribution < 1.29 is 42.5 Å². The quantitative estimate of drug-likeness (QED) is 0.520. The summed E-state index contributed by atoms with van der Waals surface area (Å²) in [5.74, 6) is 4.47. The predicted molar refractivity (Wildman–Crippen MR) is 66.5 cm³/mol. The first-order chi connectivity index (χ1) is 7.96. The first kappa shape index (κ1) is 17.0. The van der Waals surface area contributed by atoms with Crippen LogP contribution in [0.2, 0.25) is 0 Å². The minimum absolute atomic E-state index is 0. The summed E-state index contributed by atoms with van der Waals surface area (Å²) >= 11 is 0. The third-order valence-corrected chi connectivity index (χ3v) is 5.36. The molecule has 0 amide bonds. The second-order valence-electron chi connectivity index (χ2n) is 6.14. The molecule has 0 atom stereocenters. The Kier molecular flexibility index (Phi) is 6.66. The van der Waals surface area contributed by atoms with Crippen molar-refractivity contribution in [2.24, 2.45) is 23.7 Å². The molecule has 18 heavy (non-hydrogen) atoms. The van der Waals surface area contributed by atoms with E-state index in [2.05, 4.69) is 0 Å². The summed E-state index contributed by atoms with van der Waals surface area (Å²) < 4.78 is 29.0. The van der Waals surface area contributed by atoms with Crippen LogP contribution in [-0.2, 0) is 10.1 Å². The zero-order chi connectivity index (χ0) is 12.5. The van der Waals surface area contributed by atoms with Crippen LogP contribution in [0.1, 0.15) is 51.9 Å². The molecule has 4 saturated carbocycles. The average Bonchev–Trinajstić information content (AvgIpc) is 2.13. The number of rotatable bonds is 2. The molecular formula is C13H23NaO3S. The van der Waals surface area contributed by atoms with Gasteiger partial charge in [-0.25, -0.2) is 8.42 Å². The van der Waals surface area contributed by atoms with Gasteiger partial charge in [0.2, 0.25) is 0 Å². The summed E-state index contributed by atoms with van der Waals surface area (Å²) in [5.41, 5.74) is 0. The van der Waals surface area contributed by atoms with Crippen molar-refractivity contribution in [2.45, 2.75) is 51.9 Å². The molecule has 0 spiro atoms. The van der Waals surface area contributed by atoms with Crippen molar-refractivity contribution >= 4 is 10.1 Å². The van der Waals surface area contributed by atoms with E-state index in [4.69, 9.17) is 0 Å². The number of hydrogen-bond donors (Lipinski definition) is 0. The van der Waals surface area contributed by atoms with Gasteiger partial charge in [0, 0.05) is 5.75 Å². The molecule has 4 fully saturated rings. The fourth-order valence-corrected chi connectivity index (χ4v) is 4.73. The topological polar surface area (TPSA) is 57.2 Å². The predicted octanol–water partition coefficient (Wildman–Crippen LogP) is -0.222. The Bertz CT molecular complexity index is 297. The fourth-order valence-electron chi connectivity index (χ4n) is 4.23. The van der Waals surface area contributed by atoms with E-state index in [1.54, 1.807) is 45.4 Å². The van der Waals surface area contributed by atoms with Gasteiger partial charge in [0.15, 0.2) is 0 Å². The summed E-state index contributed by atoms with van der Waals surface area (Å²) in [7, 11) is -3.92. The molecule has 0 saturated heterocycles. The molecule has 4 aliphatic carbocycles. The van der Waals surface area contributed by atoms with Gasteiger partial charge >= 0.3 is 29.6 Å². The first-order valence-electron chi connectivity index (χ1n) is 6.89. The Labute approximate surface area is 133 Å². The molecule has 0 aromatic carbocycles. The summed E-state index contributed by atoms with van der Waals surface area (Å²) in [6, 6.07) is 0. The van der Waals surface area contributed by atoms with E-state index >= 15 is 0 Å². The molecule has 0 heterocycles. The van der Waals surface area contributed by atoms with Gasteiger partial charge in [0.1, 0.15) is 0 Å². The Morgan fingerprint density at radius 2 is 1.17 bits per heavy atom. The van der Waals surface area contributed by atoms with E-state index in [-0.39, 0.29) is 35.3 Å². The fraction of sp³-hybridized carbons (Fsp3) is 1.00. The smallest absolute Gasteiger partial charge is 0.748 e. The average molecular weight is 282 g/mol. The van der Waals surface area contributed by atoms with Gasteiger partial charge in [-0.1, -0.05) is 6.92 Å². The molecular weight excluding hydrogens is 259 g/mol. The molecule has 100 valence electrons. The van der Waals surface area contributed by atoms with E-state index in [1.165, 1.54) is 23.7 Å². The van der Waals surface area contributed by atoms with E-state index < -0.39 is 10.1 Å². The second-order valence-corrected chi connectivity index (χ2v) is 7.66. The SMILES string of the molecule is C1C2CC3CC1CC(C2)C3.CCCS(=O)(=O)[O-].[Na+]. The molecule has 4 bridgehead atoms. The van der Waals surface area contributed by atoms with Crippen molar-refractivity contribution in [3.05, 3.63) is 0 Å². The van der Waals surface area contributed by atoms with Crippen LogP contribution in [0.5, 0.6) is 0 Å². The zero-order valence-corrected chi connectivity index (χ0v) is 14.4. The van der Waals surface area contributed by atoms with Crippen molar-refractivity contribution in [3.8, 4) is 0 Å². The Morgan fingerprint density at radius 1 is 0.889 bits per heavy atom. The summed E-state index contributed by atoms with van der Waals surface area (Å²) in [4.78, 5) is 0. The monoisotopic (exact) mass is 282 g/mol. The molecule has 0 unspecified atom stereocenters. The van der Waals surface area contributed by atoms with Gasteiger partial charge in [0.25, 0.3) is 0 Å². The molecule has 3 nitrogen and oxygen atoms in total. The van der Waals surface area contributed by atoms with Crippen molar-refractivity contribution in [3.63, 3.8) is 0 Å². The third-order valence-electron chi connectivity index (χ3n) is 4.45. The van der Waals surface area contributed by atoms with Gasteiger partial charge in [-0.15, -0.1) is 0 Å². The van der Waals surface area contributed by atoms with Crippen LogP contribution in [-0.4, -0.2) is 18.7 Å². The second kappa shape index (κ2) is 7.07. The molecule has 0 aromatic rings. The van der Waals surface area contributed by atoms with Gasteiger partial charge < -0.3 is 4.55 Å². The summed E-state index contributed by atoms with van der Waals surface area (Å²) in [6.07, 6.45) is 10.0. The molecule has 0 N–H and O–H groups in total. The van der Waals surface area contributed by atoms with Gasteiger partial charge in [-0.3, -0.25) is 0 Å². The Balaban J connectivity index is 0.000000184. The molecule has 4 rings (SSSR count). The molecule has 0 aromatic heterocycles. The molecule has 0 radical (unpaired) electrons. The van der Waals surface area contributed by atoms with Crippen LogP contribution >= 0.6 is 0 Å². The summed E-state index contributed by atoms with van der Waals surface area (Å²) in [6.45, 7) is 1.65. The number of hydrogen-bond acceptors (Lipinski definition) is 3. The van der Waals surface area contributed by atoms with E-state index in [0.29, 0.717) is 6.42 Å². The van der Waals surface area contributed by atoms with Crippen LogP contribution in [0.4, 0.5) is 0 Å². The van der Waals surface area contributed by atoms with E-state index in [0.717, 1.165) is 0 Å². The zero-order valence-electron chi connectivity index (χ0n) is 11.6. The van der Waals surface area contributed by atoms with E-state index in [1.807, 2.05) is 0 Å². The van der Waals surface area contributed by atoms with Gasteiger partial charge in [-0.05, 0) is 68.6 Å². The largest absolute Gasteiger partial charge is 1.00 e. The first-order valence-corrected chi connectivity index (χ1v) is 8.47. The minimum Gasteiger partial charge on any atom is -0.748 e. The standard InChI is InChI=1S/C10H16.C3H8O3S.Na/c1-7-2-9-4-8(1)5-10(3-7)6-9;1-2-3-7(4,5)6;/h7-10H,1-6H2;2-3H2,1H3,(H,4,5,6);/q;;+1/p-1. The van der Waals surface area contributed by atoms with Crippen LogP contribution in [0.3, 0.4) is 0 Å². The van der Waals surface area contributed by atoms with Crippen molar-refractivity contribution in [1.29, 1.82) is 0 Å². The van der Waals surface area contributed by atoms with Crippen LogP contribution in [0, 0.1) is 23.7 Å². The van der Waals surface area contributed by atoms with Crippen molar-refractivity contribution in [2.75, 3.05) is 5.75 Å². The maximum Gasteiger partial charge on any atom is 1.00 e. The van der Waals surface area contributed by atoms with E-state index in [9.17, 15) is 13.0 Å². The third kappa shape index (κ3) is 5.12. The van der Waals surface area contributed by atoms with Crippen LogP contribution in [0.25, 0.3) is 0 Å². The van der Waals surface area contributed by atoms with Gasteiger partial charge in [0.05, 0.1) is 10.1 Å². The normalized spacial score (nSPS) is 36.6. The van der Waals surface area contributed by atoms with Crippen molar-refractivity contribution in [1.82, 2.24) is 0 Å². The Morgan fingerprint density at radius 3 is 1.28 bits per heavy atom. The van der Waals surface area contributed by atoms with Crippen LogP contribution in [0.15, 0.2) is 0 Å².